The van der Waals surface area contributed by atoms with Crippen molar-refractivity contribution in [2.75, 3.05) is 44.4 Å². The standard InChI is InChI=1S/C28H40N2O7/c1-27(2,3)37-26(33)30-15-22(35-16-20-14-28(4,5)36-17-20)13-23(30)24(31)12-19-6-8-21(9-7-19)29-10-11-34-18-25(29)32/h6-9,20,22-23H,10-18H2,1-5H3/t20?,22-,23-/m1/s1. The Morgan fingerprint density at radius 3 is 2.51 bits per heavy atom. The molecule has 9 nitrogen and oxygen atoms in total. The molecule has 2 amide bonds. The zero-order chi connectivity index (χ0) is 26.8. The number of morpholine rings is 1. The maximum atomic E-state index is 13.4. The van der Waals surface area contributed by atoms with Crippen molar-refractivity contribution in [3.63, 3.8) is 0 Å². The Hall–Kier alpha value is -2.49. The van der Waals surface area contributed by atoms with Gasteiger partial charge in [0.1, 0.15) is 12.2 Å². The van der Waals surface area contributed by atoms with Crippen molar-refractivity contribution in [3.05, 3.63) is 29.8 Å². The monoisotopic (exact) mass is 516 g/mol. The number of carbonyl (C=O) groups is 3. The summed E-state index contributed by atoms with van der Waals surface area (Å²) in [4.78, 5) is 41.7. The summed E-state index contributed by atoms with van der Waals surface area (Å²) < 4.78 is 22.8. The molecule has 1 unspecified atom stereocenters. The number of nitrogens with zero attached hydrogens (tertiary/aromatic N) is 2. The van der Waals surface area contributed by atoms with E-state index < -0.39 is 17.7 Å². The first-order chi connectivity index (χ1) is 17.4. The molecule has 0 aliphatic carbocycles. The SMILES string of the molecule is CC(C)(C)OC(=O)N1C[C@H](OCC2COC(C)(C)C2)C[C@@H]1C(=O)Cc1ccc(N2CCOCC2=O)cc1. The average Bonchev–Trinajstić information content (AvgIpc) is 3.40. The summed E-state index contributed by atoms with van der Waals surface area (Å²) >= 11 is 0. The van der Waals surface area contributed by atoms with E-state index in [1.807, 2.05) is 45.0 Å². The van der Waals surface area contributed by atoms with Crippen LogP contribution in [0.1, 0.15) is 53.0 Å². The molecule has 204 valence electrons. The van der Waals surface area contributed by atoms with Crippen LogP contribution in [0, 0.1) is 5.92 Å². The first-order valence-electron chi connectivity index (χ1n) is 13.2. The lowest BCUT2D eigenvalue weighted by Crippen LogP contribution is -2.44. The predicted molar refractivity (Wildman–Crippen MR) is 138 cm³/mol. The Balaban J connectivity index is 1.40. The fourth-order valence-corrected chi connectivity index (χ4v) is 5.19. The summed E-state index contributed by atoms with van der Waals surface area (Å²) in [6, 6.07) is 6.81. The smallest absolute Gasteiger partial charge is 0.410 e. The summed E-state index contributed by atoms with van der Waals surface area (Å²) in [7, 11) is 0. The quantitative estimate of drug-likeness (QED) is 0.548. The third-order valence-corrected chi connectivity index (χ3v) is 6.93. The number of hydrogen-bond acceptors (Lipinski definition) is 7. The number of benzene rings is 1. The van der Waals surface area contributed by atoms with Crippen molar-refractivity contribution in [1.82, 2.24) is 4.90 Å². The van der Waals surface area contributed by atoms with E-state index in [1.54, 1.807) is 4.90 Å². The Labute approximate surface area is 219 Å². The highest BCUT2D eigenvalue weighted by molar-refractivity contribution is 5.95. The maximum absolute atomic E-state index is 13.4. The zero-order valence-electron chi connectivity index (χ0n) is 22.7. The van der Waals surface area contributed by atoms with E-state index in [-0.39, 0.29) is 36.4 Å². The zero-order valence-corrected chi connectivity index (χ0v) is 22.7. The molecule has 4 rings (SSSR count). The summed E-state index contributed by atoms with van der Waals surface area (Å²) in [6.07, 6.45) is 0.807. The van der Waals surface area contributed by atoms with Crippen LogP contribution in [0.3, 0.4) is 0 Å². The van der Waals surface area contributed by atoms with Gasteiger partial charge < -0.3 is 23.8 Å². The number of ether oxygens (including phenoxy) is 4. The summed E-state index contributed by atoms with van der Waals surface area (Å²) in [5.74, 6) is 0.168. The lowest BCUT2D eigenvalue weighted by Gasteiger charge is -2.28. The van der Waals surface area contributed by atoms with Crippen molar-refractivity contribution < 1.29 is 33.3 Å². The lowest BCUT2D eigenvalue weighted by atomic mass is 9.98. The minimum Gasteiger partial charge on any atom is -0.444 e. The molecule has 3 heterocycles. The highest BCUT2D eigenvalue weighted by atomic mass is 16.6. The van der Waals surface area contributed by atoms with Crippen molar-refractivity contribution >= 4 is 23.5 Å². The van der Waals surface area contributed by atoms with Crippen molar-refractivity contribution in [1.29, 1.82) is 0 Å². The van der Waals surface area contributed by atoms with Gasteiger partial charge in [-0.15, -0.1) is 0 Å². The Morgan fingerprint density at radius 1 is 1.16 bits per heavy atom. The molecule has 3 saturated heterocycles. The number of ketones is 1. The van der Waals surface area contributed by atoms with E-state index >= 15 is 0 Å². The highest BCUT2D eigenvalue weighted by Gasteiger charge is 2.42. The van der Waals surface area contributed by atoms with Gasteiger partial charge in [0.15, 0.2) is 5.78 Å². The number of anilines is 1. The Morgan fingerprint density at radius 2 is 1.89 bits per heavy atom. The molecule has 0 spiro atoms. The molecule has 3 fully saturated rings. The van der Waals surface area contributed by atoms with Gasteiger partial charge >= 0.3 is 6.09 Å². The van der Waals surface area contributed by atoms with E-state index in [2.05, 4.69) is 13.8 Å². The molecule has 1 aromatic carbocycles. The summed E-state index contributed by atoms with van der Waals surface area (Å²) in [6.45, 7) is 12.2. The third kappa shape index (κ3) is 7.30. The van der Waals surface area contributed by atoms with Gasteiger partial charge in [0, 0.05) is 31.0 Å². The van der Waals surface area contributed by atoms with E-state index in [4.69, 9.17) is 18.9 Å². The Bertz CT molecular complexity index is 985. The molecule has 0 radical (unpaired) electrons. The molecule has 3 aliphatic heterocycles. The molecule has 0 bridgehead atoms. The van der Waals surface area contributed by atoms with Crippen molar-refractivity contribution in [2.24, 2.45) is 5.92 Å². The molecule has 3 atom stereocenters. The first-order valence-corrected chi connectivity index (χ1v) is 13.2. The number of carbonyl (C=O) groups excluding carboxylic acids is 3. The molecular weight excluding hydrogens is 476 g/mol. The molecule has 37 heavy (non-hydrogen) atoms. The molecular formula is C28H40N2O7. The van der Waals surface area contributed by atoms with Crippen LogP contribution < -0.4 is 4.90 Å². The van der Waals surface area contributed by atoms with Gasteiger partial charge in [-0.05, 0) is 58.7 Å². The van der Waals surface area contributed by atoms with E-state index in [0.29, 0.717) is 45.2 Å². The van der Waals surface area contributed by atoms with Gasteiger partial charge in [-0.2, -0.15) is 0 Å². The predicted octanol–water partition coefficient (Wildman–Crippen LogP) is 3.37. The van der Waals surface area contributed by atoms with E-state index in [9.17, 15) is 14.4 Å². The number of hydrogen-bond donors (Lipinski definition) is 0. The van der Waals surface area contributed by atoms with Crippen LogP contribution in [-0.2, 0) is 35.0 Å². The fraction of sp³-hybridized carbons (Fsp3) is 0.679. The number of likely N-dealkylation sites (tertiary alicyclic amines) is 1. The number of rotatable bonds is 7. The van der Waals surface area contributed by atoms with Crippen molar-refractivity contribution in [3.8, 4) is 0 Å². The van der Waals surface area contributed by atoms with Gasteiger partial charge in [-0.1, -0.05) is 12.1 Å². The maximum Gasteiger partial charge on any atom is 0.410 e. The molecule has 0 aromatic heterocycles. The fourth-order valence-electron chi connectivity index (χ4n) is 5.19. The van der Waals surface area contributed by atoms with Gasteiger partial charge in [0.2, 0.25) is 0 Å². The highest BCUT2D eigenvalue weighted by Crippen LogP contribution is 2.31. The minimum absolute atomic E-state index is 0.0579. The van der Waals surface area contributed by atoms with Gasteiger partial charge in [0.05, 0.1) is 44.1 Å². The van der Waals surface area contributed by atoms with Crippen LogP contribution in [0.15, 0.2) is 24.3 Å². The van der Waals surface area contributed by atoms with Crippen LogP contribution >= 0.6 is 0 Å². The van der Waals surface area contributed by atoms with Crippen LogP contribution in [-0.4, -0.2) is 85.5 Å². The van der Waals surface area contributed by atoms with Crippen LogP contribution in [0.25, 0.3) is 0 Å². The van der Waals surface area contributed by atoms with Crippen LogP contribution in [0.5, 0.6) is 0 Å². The molecule has 1 aromatic rings. The number of Topliss-reactive ketones (excluding diaryl/α,β-unsaturated/α-hetero) is 1. The normalized spacial score (nSPS) is 26.0. The molecule has 0 N–H and O–H groups in total. The van der Waals surface area contributed by atoms with Gasteiger partial charge in [0.25, 0.3) is 5.91 Å². The Kier molecular flexibility index (Phi) is 8.26. The minimum atomic E-state index is -0.664. The van der Waals surface area contributed by atoms with Crippen molar-refractivity contribution in [2.45, 2.75) is 77.2 Å². The second-order valence-electron chi connectivity index (χ2n) is 11.9. The molecule has 0 saturated carbocycles. The topological polar surface area (TPSA) is 94.6 Å². The van der Waals surface area contributed by atoms with E-state index in [0.717, 1.165) is 17.7 Å². The van der Waals surface area contributed by atoms with Gasteiger partial charge in [-0.3, -0.25) is 14.5 Å². The third-order valence-electron chi connectivity index (χ3n) is 6.93. The summed E-state index contributed by atoms with van der Waals surface area (Å²) in [5.41, 5.74) is 0.806. The second-order valence-corrected chi connectivity index (χ2v) is 11.9. The van der Waals surface area contributed by atoms with E-state index in [1.165, 1.54) is 4.90 Å². The lowest BCUT2D eigenvalue weighted by molar-refractivity contribution is -0.125. The average molecular weight is 517 g/mol. The van der Waals surface area contributed by atoms with Crippen LogP contribution in [0.4, 0.5) is 10.5 Å². The molecule has 3 aliphatic rings. The first kappa shape index (κ1) is 27.5. The number of amides is 2. The largest absolute Gasteiger partial charge is 0.444 e. The second kappa shape index (κ2) is 11.1. The van der Waals surface area contributed by atoms with Crippen LogP contribution in [0.2, 0.25) is 0 Å². The summed E-state index contributed by atoms with van der Waals surface area (Å²) in [5, 5.41) is 0. The molecule has 9 heteroatoms. The van der Waals surface area contributed by atoms with Gasteiger partial charge in [-0.25, -0.2) is 4.79 Å².